The first-order chi connectivity index (χ1) is 9.22. The average molecular weight is 312 g/mol. The van der Waals surface area contributed by atoms with Crippen LogP contribution in [0.1, 0.15) is 46.5 Å². The Bertz CT molecular complexity index is 448. The maximum atomic E-state index is 11.9. The predicted octanol–water partition coefficient (Wildman–Crippen LogP) is 2.68. The van der Waals surface area contributed by atoms with Crippen molar-refractivity contribution in [2.45, 2.75) is 46.5 Å². The number of allylic oxidation sites excluding steroid dienone is 2. The van der Waals surface area contributed by atoms with Crippen LogP contribution in [0.5, 0.6) is 0 Å². The summed E-state index contributed by atoms with van der Waals surface area (Å²) < 4.78 is 0. The van der Waals surface area contributed by atoms with Crippen LogP contribution in [0.3, 0.4) is 0 Å². The lowest BCUT2D eigenvalue weighted by molar-refractivity contribution is -0.177. The minimum absolute atomic E-state index is 0. The Hall–Kier alpha value is -1.36. The van der Waals surface area contributed by atoms with E-state index in [-0.39, 0.29) is 24.2 Å². The van der Waals surface area contributed by atoms with E-state index in [4.69, 9.17) is 0 Å². The minimum atomic E-state index is -0.964. The van der Waals surface area contributed by atoms with Crippen LogP contribution in [0.25, 0.3) is 0 Å². The molecule has 0 bridgehead atoms. The average Bonchev–Trinajstić information content (AvgIpc) is 2.35. The molecule has 5 heteroatoms. The molecular weight excluding hydrogens is 284 g/mol. The third-order valence-corrected chi connectivity index (χ3v) is 5.48. The highest BCUT2D eigenvalue weighted by atomic mass is 16.4. The molecule has 0 aromatic rings. The van der Waals surface area contributed by atoms with E-state index in [0.717, 1.165) is 19.3 Å². The van der Waals surface area contributed by atoms with Crippen LogP contribution in [-0.2, 0) is 9.59 Å². The van der Waals surface area contributed by atoms with E-state index in [0.29, 0.717) is 6.42 Å². The van der Waals surface area contributed by atoms with E-state index < -0.39 is 29.2 Å². The van der Waals surface area contributed by atoms with Gasteiger partial charge in [0.2, 0.25) is 0 Å². The molecule has 2 aliphatic carbocycles. The number of hydrogen-bond acceptors (Lipinski definition) is 2. The van der Waals surface area contributed by atoms with Crippen LogP contribution in [0.4, 0.5) is 0 Å². The highest BCUT2D eigenvalue weighted by molar-refractivity contribution is 5.81. The zero-order valence-corrected chi connectivity index (χ0v) is 13.6. The number of carboxylic acid groups (broad SMARTS) is 2. The lowest BCUT2D eigenvalue weighted by atomic mass is 9.45. The molecule has 0 aliphatic heterocycles. The molecule has 0 aromatic heterocycles. The van der Waals surface area contributed by atoms with Crippen LogP contribution in [0, 0.1) is 36.0 Å². The van der Waals surface area contributed by atoms with Crippen molar-refractivity contribution in [1.29, 1.82) is 0 Å². The second-order valence-corrected chi connectivity index (χ2v) is 7.20. The van der Waals surface area contributed by atoms with Gasteiger partial charge in [-0.15, -0.1) is 0 Å². The van der Waals surface area contributed by atoms with Crippen LogP contribution in [0.2, 0.25) is 0 Å². The Balaban J connectivity index is 0.00000220. The fourth-order valence-corrected chi connectivity index (χ4v) is 4.62. The van der Waals surface area contributed by atoms with Crippen molar-refractivity contribution in [1.82, 2.24) is 0 Å². The van der Waals surface area contributed by atoms with Crippen LogP contribution < -0.4 is 0 Å². The molecule has 2 radical (unpaired) electrons. The van der Waals surface area contributed by atoms with E-state index in [9.17, 15) is 19.8 Å². The summed E-state index contributed by atoms with van der Waals surface area (Å²) in [7, 11) is 0. The molecule has 0 amide bonds. The second-order valence-electron chi connectivity index (χ2n) is 7.20. The normalized spacial score (nSPS) is 33.9. The first-order valence-electron chi connectivity index (χ1n) is 7.34. The van der Waals surface area contributed by atoms with Crippen molar-refractivity contribution in [3.63, 3.8) is 0 Å². The Morgan fingerprint density at radius 2 is 1.73 bits per heavy atom. The van der Waals surface area contributed by atoms with Crippen molar-refractivity contribution in [3.8, 4) is 0 Å². The molecule has 126 valence electrons. The standard InChI is InChI=1S/C16H24O4.CH2.H2O/c1-15(2,3)16-9-5-4-6-10(16)7-8-11(13(17)18)12(16)14(19)20;;/h4,6,10-12H,5,7-9H2,1-3H3,(H,17,18)(H,19,20);2*1H2. The third-order valence-electron chi connectivity index (χ3n) is 5.48. The first kappa shape index (κ1) is 20.6. The quantitative estimate of drug-likeness (QED) is 0.764. The summed E-state index contributed by atoms with van der Waals surface area (Å²) in [5.74, 6) is -3.31. The minimum Gasteiger partial charge on any atom is -0.481 e. The first-order valence-corrected chi connectivity index (χ1v) is 7.34. The van der Waals surface area contributed by atoms with Crippen molar-refractivity contribution < 1.29 is 25.3 Å². The summed E-state index contributed by atoms with van der Waals surface area (Å²) in [6.45, 7) is 6.16. The van der Waals surface area contributed by atoms with Gasteiger partial charge in [-0.05, 0) is 42.4 Å². The maximum Gasteiger partial charge on any atom is 0.307 e. The second kappa shape index (κ2) is 6.82. The molecule has 0 saturated heterocycles. The highest BCUT2D eigenvalue weighted by Gasteiger charge is 2.61. The molecule has 22 heavy (non-hydrogen) atoms. The van der Waals surface area contributed by atoms with Gasteiger partial charge in [-0.2, -0.15) is 0 Å². The molecule has 0 heterocycles. The summed E-state index contributed by atoms with van der Waals surface area (Å²) in [5, 5.41) is 19.2. The zero-order valence-electron chi connectivity index (χ0n) is 13.6. The van der Waals surface area contributed by atoms with Gasteiger partial charge in [-0.1, -0.05) is 40.3 Å². The summed E-state index contributed by atoms with van der Waals surface area (Å²) in [6.07, 6.45) is 7.08. The Kier molecular flexibility index (Phi) is 6.40. The van der Waals surface area contributed by atoms with Crippen LogP contribution >= 0.6 is 0 Å². The molecule has 5 nitrogen and oxygen atoms in total. The topological polar surface area (TPSA) is 106 Å². The number of rotatable bonds is 2. The van der Waals surface area contributed by atoms with Crippen LogP contribution in [0.15, 0.2) is 12.2 Å². The molecule has 0 aromatic carbocycles. The third kappa shape index (κ3) is 2.91. The molecule has 2 rings (SSSR count). The van der Waals surface area contributed by atoms with E-state index in [1.54, 1.807) is 0 Å². The monoisotopic (exact) mass is 312 g/mol. The van der Waals surface area contributed by atoms with Gasteiger partial charge < -0.3 is 15.7 Å². The number of fused-ring (bicyclic) bond motifs is 1. The zero-order chi connectivity index (χ0) is 15.1. The molecular formula is C17H28O5. The lowest BCUT2D eigenvalue weighted by Crippen LogP contribution is -2.57. The van der Waals surface area contributed by atoms with Gasteiger partial charge in [0.1, 0.15) is 0 Å². The largest absolute Gasteiger partial charge is 0.481 e. The molecule has 1 fully saturated rings. The smallest absolute Gasteiger partial charge is 0.307 e. The van der Waals surface area contributed by atoms with E-state index in [1.807, 2.05) is 0 Å². The number of carboxylic acids is 2. The van der Waals surface area contributed by atoms with Gasteiger partial charge in [0, 0.05) is 0 Å². The van der Waals surface area contributed by atoms with E-state index in [1.165, 1.54) is 0 Å². The molecule has 4 N–H and O–H groups in total. The summed E-state index contributed by atoms with van der Waals surface area (Å²) in [5.41, 5.74) is -0.700. The van der Waals surface area contributed by atoms with Gasteiger partial charge >= 0.3 is 11.9 Å². The summed E-state index contributed by atoms with van der Waals surface area (Å²) in [4.78, 5) is 23.4. The predicted molar refractivity (Wildman–Crippen MR) is 84.2 cm³/mol. The van der Waals surface area contributed by atoms with Gasteiger partial charge in [-0.3, -0.25) is 9.59 Å². The Morgan fingerprint density at radius 1 is 1.14 bits per heavy atom. The Labute approximate surface area is 132 Å². The summed E-state index contributed by atoms with van der Waals surface area (Å²) >= 11 is 0. The maximum absolute atomic E-state index is 11.9. The van der Waals surface area contributed by atoms with E-state index >= 15 is 0 Å². The lowest BCUT2D eigenvalue weighted by Gasteiger charge is -2.58. The van der Waals surface area contributed by atoms with Crippen LogP contribution in [-0.4, -0.2) is 27.6 Å². The van der Waals surface area contributed by atoms with Gasteiger partial charge in [0.15, 0.2) is 0 Å². The van der Waals surface area contributed by atoms with Gasteiger partial charge in [0.25, 0.3) is 0 Å². The molecule has 1 saturated carbocycles. The van der Waals surface area contributed by atoms with Gasteiger partial charge in [-0.25, -0.2) is 0 Å². The van der Waals surface area contributed by atoms with Gasteiger partial charge in [0.05, 0.1) is 11.8 Å². The number of carbonyl (C=O) groups is 2. The molecule has 4 unspecified atom stereocenters. The SMILES string of the molecule is CC(C)(C)C12CCC=CC1CCC(C(=O)O)C2C(=O)O.O.[CH2]. The fraction of sp³-hybridized carbons (Fsp3) is 0.706. The van der Waals surface area contributed by atoms with Crippen molar-refractivity contribution in [3.05, 3.63) is 19.6 Å². The number of aliphatic carboxylic acids is 2. The fourth-order valence-electron chi connectivity index (χ4n) is 4.62. The molecule has 0 spiro atoms. The Morgan fingerprint density at radius 3 is 2.18 bits per heavy atom. The van der Waals surface area contributed by atoms with Crippen molar-refractivity contribution in [2.24, 2.45) is 28.6 Å². The number of hydrogen-bond donors (Lipinski definition) is 2. The van der Waals surface area contributed by atoms with Crippen molar-refractivity contribution >= 4 is 11.9 Å². The summed E-state index contributed by atoms with van der Waals surface area (Å²) in [6, 6.07) is 0. The molecule has 2 aliphatic rings. The highest BCUT2D eigenvalue weighted by Crippen LogP contribution is 2.62. The van der Waals surface area contributed by atoms with E-state index in [2.05, 4.69) is 32.9 Å². The van der Waals surface area contributed by atoms with Crippen molar-refractivity contribution in [2.75, 3.05) is 0 Å². The molecule has 4 atom stereocenters.